The number of fused-ring (bicyclic) bond motifs is 1. The lowest BCUT2D eigenvalue weighted by molar-refractivity contribution is 0.452. The van der Waals surface area contributed by atoms with Crippen LogP contribution in [-0.2, 0) is 6.42 Å². The Morgan fingerprint density at radius 1 is 1.12 bits per heavy atom. The molecule has 0 spiro atoms. The number of hydrogen-bond donors (Lipinski definition) is 0. The fourth-order valence-corrected chi connectivity index (χ4v) is 2.64. The van der Waals surface area contributed by atoms with Crippen LogP contribution in [0, 0.1) is 0 Å². The van der Waals surface area contributed by atoms with E-state index in [1.54, 1.807) is 18.1 Å². The van der Waals surface area contributed by atoms with Crippen LogP contribution in [-0.4, -0.2) is 15.7 Å². The van der Waals surface area contributed by atoms with Crippen molar-refractivity contribution in [2.75, 3.05) is 5.75 Å². The predicted molar refractivity (Wildman–Crippen MR) is 63.0 cm³/mol. The van der Waals surface area contributed by atoms with Crippen molar-refractivity contribution in [2.24, 2.45) is 0 Å². The van der Waals surface area contributed by atoms with Gasteiger partial charge in [-0.05, 0) is 18.6 Å². The molecule has 1 aromatic carbocycles. The summed E-state index contributed by atoms with van der Waals surface area (Å²) < 4.78 is 5.76. The molecule has 0 aliphatic carbocycles. The second-order valence-corrected chi connectivity index (χ2v) is 4.56. The topological polar surface area (TPSA) is 35.0 Å². The first-order valence-electron chi connectivity index (χ1n) is 5.13. The van der Waals surface area contributed by atoms with Crippen molar-refractivity contribution >= 4 is 11.8 Å². The van der Waals surface area contributed by atoms with E-state index in [1.165, 1.54) is 0 Å². The Kier molecular flexibility index (Phi) is 2.50. The second kappa shape index (κ2) is 4.14. The van der Waals surface area contributed by atoms with Crippen molar-refractivity contribution in [3.05, 3.63) is 42.2 Å². The molecule has 16 heavy (non-hydrogen) atoms. The van der Waals surface area contributed by atoms with Gasteiger partial charge in [-0.15, -0.1) is 11.8 Å². The highest BCUT2D eigenvalue weighted by molar-refractivity contribution is 7.99. The molecule has 0 saturated carbocycles. The van der Waals surface area contributed by atoms with Gasteiger partial charge in [-0.3, -0.25) is 0 Å². The first-order valence-corrected chi connectivity index (χ1v) is 6.11. The number of nitrogens with zero attached hydrogens (tertiary/aromatic N) is 2. The zero-order chi connectivity index (χ0) is 10.8. The van der Waals surface area contributed by atoms with Gasteiger partial charge in [0.15, 0.2) is 0 Å². The van der Waals surface area contributed by atoms with Crippen molar-refractivity contribution in [1.82, 2.24) is 9.97 Å². The molecule has 2 aromatic rings. The van der Waals surface area contributed by atoms with Crippen LogP contribution in [0.4, 0.5) is 0 Å². The zero-order valence-corrected chi connectivity index (χ0v) is 9.41. The van der Waals surface area contributed by atoms with Gasteiger partial charge in [0, 0.05) is 11.3 Å². The number of aromatic nitrogens is 2. The first-order chi connectivity index (χ1) is 7.93. The highest BCUT2D eigenvalue weighted by Gasteiger charge is 2.18. The Bertz CT molecular complexity index is 502. The molecule has 1 aliphatic heterocycles. The molecule has 3 nitrogen and oxygen atoms in total. The minimum Gasteiger partial charge on any atom is -0.439 e. The van der Waals surface area contributed by atoms with E-state index in [-0.39, 0.29) is 0 Å². The third-order valence-corrected chi connectivity index (χ3v) is 3.45. The maximum atomic E-state index is 5.76. The molecule has 0 saturated heterocycles. The summed E-state index contributed by atoms with van der Waals surface area (Å²) in [6, 6.07) is 9.72. The third-order valence-electron chi connectivity index (χ3n) is 2.41. The molecule has 80 valence electrons. The molecule has 0 radical (unpaired) electrons. The van der Waals surface area contributed by atoms with E-state index in [0.29, 0.717) is 5.88 Å². The summed E-state index contributed by atoms with van der Waals surface area (Å²) >= 11 is 1.76. The summed E-state index contributed by atoms with van der Waals surface area (Å²) in [4.78, 5) is 8.43. The molecular formula is C12H10N2OS. The van der Waals surface area contributed by atoms with Crippen molar-refractivity contribution in [3.63, 3.8) is 0 Å². The normalized spacial score (nSPS) is 13.5. The molecule has 1 aliphatic rings. The highest BCUT2D eigenvalue weighted by atomic mass is 32.2. The quantitative estimate of drug-likeness (QED) is 0.743. The van der Waals surface area contributed by atoms with E-state index < -0.39 is 0 Å². The standard InChI is InChI=1S/C12H10N2OS/c1-2-4-9(5-3-1)15-11-10-6-7-16-12(10)14-8-13-11/h1-5,8H,6-7H2. The molecule has 2 heterocycles. The lowest BCUT2D eigenvalue weighted by atomic mass is 10.2. The second-order valence-electron chi connectivity index (χ2n) is 3.48. The van der Waals surface area contributed by atoms with Crippen LogP contribution in [0.15, 0.2) is 41.7 Å². The highest BCUT2D eigenvalue weighted by Crippen LogP contribution is 2.35. The number of hydrogen-bond acceptors (Lipinski definition) is 4. The van der Waals surface area contributed by atoms with Gasteiger partial charge >= 0.3 is 0 Å². The lowest BCUT2D eigenvalue weighted by Crippen LogP contribution is -1.95. The number of para-hydroxylation sites is 1. The van der Waals surface area contributed by atoms with Crippen LogP contribution in [0.3, 0.4) is 0 Å². The maximum Gasteiger partial charge on any atom is 0.226 e. The van der Waals surface area contributed by atoms with Gasteiger partial charge in [-0.2, -0.15) is 0 Å². The Morgan fingerprint density at radius 3 is 2.88 bits per heavy atom. The van der Waals surface area contributed by atoms with E-state index in [2.05, 4.69) is 9.97 Å². The van der Waals surface area contributed by atoms with Gasteiger partial charge in [0.05, 0.1) is 0 Å². The van der Waals surface area contributed by atoms with Crippen molar-refractivity contribution in [3.8, 4) is 11.6 Å². The molecule has 0 N–H and O–H groups in total. The average molecular weight is 230 g/mol. The molecule has 1 aromatic heterocycles. The summed E-state index contributed by atoms with van der Waals surface area (Å²) in [6.07, 6.45) is 2.55. The molecular weight excluding hydrogens is 220 g/mol. The summed E-state index contributed by atoms with van der Waals surface area (Å²) in [5.74, 6) is 2.58. The number of benzene rings is 1. The fourth-order valence-electron chi connectivity index (χ4n) is 1.66. The predicted octanol–water partition coefficient (Wildman–Crippen LogP) is 2.92. The van der Waals surface area contributed by atoms with E-state index in [9.17, 15) is 0 Å². The van der Waals surface area contributed by atoms with E-state index in [1.807, 2.05) is 30.3 Å². The van der Waals surface area contributed by atoms with Gasteiger partial charge in [0.25, 0.3) is 0 Å². The van der Waals surface area contributed by atoms with Gasteiger partial charge in [-0.25, -0.2) is 9.97 Å². The minimum absolute atomic E-state index is 0.696. The van der Waals surface area contributed by atoms with Gasteiger partial charge < -0.3 is 4.74 Å². The minimum atomic E-state index is 0.696. The average Bonchev–Trinajstić information content (AvgIpc) is 2.80. The summed E-state index contributed by atoms with van der Waals surface area (Å²) in [5.41, 5.74) is 1.14. The van der Waals surface area contributed by atoms with Crippen LogP contribution >= 0.6 is 11.8 Å². The Labute approximate surface area is 97.9 Å². The monoisotopic (exact) mass is 230 g/mol. The number of rotatable bonds is 2. The van der Waals surface area contributed by atoms with Crippen LogP contribution in [0.1, 0.15) is 5.56 Å². The maximum absolute atomic E-state index is 5.76. The van der Waals surface area contributed by atoms with Crippen molar-refractivity contribution < 1.29 is 4.74 Å². The van der Waals surface area contributed by atoms with Crippen molar-refractivity contribution in [2.45, 2.75) is 11.4 Å². The fraction of sp³-hybridized carbons (Fsp3) is 0.167. The molecule has 4 heteroatoms. The SMILES string of the molecule is c1ccc(Oc2ncnc3c2CCS3)cc1. The molecule has 0 unspecified atom stereocenters. The van der Waals surface area contributed by atoms with Crippen LogP contribution in [0.2, 0.25) is 0 Å². The summed E-state index contributed by atoms with van der Waals surface area (Å²) in [6.45, 7) is 0. The Morgan fingerprint density at radius 2 is 2.00 bits per heavy atom. The smallest absolute Gasteiger partial charge is 0.226 e. The van der Waals surface area contributed by atoms with E-state index >= 15 is 0 Å². The molecule has 0 fully saturated rings. The molecule has 0 bridgehead atoms. The molecule has 0 atom stereocenters. The molecule has 0 amide bonds. The van der Waals surface area contributed by atoms with Gasteiger partial charge in [0.1, 0.15) is 17.1 Å². The number of thioether (sulfide) groups is 1. The van der Waals surface area contributed by atoms with Crippen LogP contribution in [0.5, 0.6) is 11.6 Å². The third kappa shape index (κ3) is 1.76. The first kappa shape index (κ1) is 9.66. The van der Waals surface area contributed by atoms with E-state index in [4.69, 9.17) is 4.74 Å². The van der Waals surface area contributed by atoms with Gasteiger partial charge in [0.2, 0.25) is 5.88 Å². The summed E-state index contributed by atoms with van der Waals surface area (Å²) in [5, 5.41) is 1.06. The van der Waals surface area contributed by atoms with E-state index in [0.717, 1.165) is 28.5 Å². The lowest BCUT2D eigenvalue weighted by Gasteiger charge is -2.07. The van der Waals surface area contributed by atoms with Gasteiger partial charge in [-0.1, -0.05) is 18.2 Å². The molecule has 3 rings (SSSR count). The Hall–Kier alpha value is -1.55. The summed E-state index contributed by atoms with van der Waals surface area (Å²) in [7, 11) is 0. The largest absolute Gasteiger partial charge is 0.439 e. The van der Waals surface area contributed by atoms with Crippen LogP contribution in [0.25, 0.3) is 0 Å². The zero-order valence-electron chi connectivity index (χ0n) is 8.59. The number of ether oxygens (including phenoxy) is 1. The van der Waals surface area contributed by atoms with Crippen LogP contribution < -0.4 is 4.74 Å². The Balaban J connectivity index is 1.94. The van der Waals surface area contributed by atoms with Crippen molar-refractivity contribution in [1.29, 1.82) is 0 Å².